The number of nitrogens with zero attached hydrogens (tertiary/aromatic N) is 4. The third-order valence-corrected chi connectivity index (χ3v) is 4.26. The average Bonchev–Trinajstić information content (AvgIpc) is 2.70. The Morgan fingerprint density at radius 1 is 1.24 bits per heavy atom. The molecule has 0 spiro atoms. The Morgan fingerprint density at radius 2 is 2.00 bits per heavy atom. The van der Waals surface area contributed by atoms with Crippen LogP contribution in [0.25, 0.3) is 11.3 Å². The first-order valence-electron chi connectivity index (χ1n) is 9.18. The smallest absolute Gasteiger partial charge is 0.239 e. The number of carbonyl (C=O) groups is 1. The average molecular weight is 393 g/mol. The molecule has 0 saturated carbocycles. The van der Waals surface area contributed by atoms with Crippen LogP contribution >= 0.6 is 0 Å². The van der Waals surface area contributed by atoms with Crippen molar-refractivity contribution in [2.24, 2.45) is 0 Å². The topological polar surface area (TPSA) is 94.3 Å². The van der Waals surface area contributed by atoms with Crippen molar-refractivity contribution < 1.29 is 14.3 Å². The molecule has 29 heavy (non-hydrogen) atoms. The minimum atomic E-state index is -0.0711. The van der Waals surface area contributed by atoms with Gasteiger partial charge in [-0.25, -0.2) is 0 Å². The Balaban J connectivity index is 1.69. The van der Waals surface area contributed by atoms with Gasteiger partial charge in [-0.2, -0.15) is 9.71 Å². The molecule has 0 saturated heterocycles. The first-order chi connectivity index (χ1) is 13.9. The van der Waals surface area contributed by atoms with E-state index in [4.69, 9.17) is 4.74 Å². The predicted octanol–water partition coefficient (Wildman–Crippen LogP) is 2.45. The molecule has 0 fully saturated rings. The number of amides is 1. The van der Waals surface area contributed by atoms with Crippen molar-refractivity contribution >= 4 is 11.7 Å². The van der Waals surface area contributed by atoms with Gasteiger partial charge in [0.05, 0.1) is 12.4 Å². The second-order valence-electron chi connectivity index (χ2n) is 6.66. The van der Waals surface area contributed by atoms with Crippen LogP contribution in [0.5, 0.6) is 11.6 Å². The summed E-state index contributed by atoms with van der Waals surface area (Å²) in [6, 6.07) is 10.8. The molecule has 0 atom stereocenters. The van der Waals surface area contributed by atoms with Gasteiger partial charge in [-0.1, -0.05) is 0 Å². The number of ether oxygens (including phenoxy) is 1. The van der Waals surface area contributed by atoms with Crippen LogP contribution in [-0.4, -0.2) is 36.0 Å². The molecular formula is C21H23N5O3. The molecule has 0 radical (unpaired) electrons. The zero-order valence-electron chi connectivity index (χ0n) is 16.6. The molecule has 3 rings (SSSR count). The summed E-state index contributed by atoms with van der Waals surface area (Å²) in [5, 5.41) is 14.7. The Morgan fingerprint density at radius 3 is 2.72 bits per heavy atom. The van der Waals surface area contributed by atoms with E-state index in [1.165, 1.54) is 19.3 Å². The van der Waals surface area contributed by atoms with Crippen LogP contribution in [0.2, 0.25) is 0 Å². The quantitative estimate of drug-likeness (QED) is 0.489. The Kier molecular flexibility index (Phi) is 6.23. The highest BCUT2D eigenvalue weighted by atomic mass is 16.5. The number of carbonyl (C=O) groups excluding carboxylic acids is 1. The van der Waals surface area contributed by atoms with Gasteiger partial charge in [-0.15, -0.1) is 0 Å². The fourth-order valence-corrected chi connectivity index (χ4v) is 2.70. The van der Waals surface area contributed by atoms with Crippen molar-refractivity contribution in [1.29, 1.82) is 0 Å². The monoisotopic (exact) mass is 393 g/mol. The number of hydrogen-bond acceptors (Lipinski definition) is 6. The van der Waals surface area contributed by atoms with Crippen LogP contribution in [0.15, 0.2) is 55.0 Å². The Labute approximate surface area is 169 Å². The molecule has 8 nitrogen and oxygen atoms in total. The lowest BCUT2D eigenvalue weighted by atomic mass is 10.1. The van der Waals surface area contributed by atoms with E-state index in [-0.39, 0.29) is 5.91 Å². The highest BCUT2D eigenvalue weighted by molar-refractivity contribution is 5.72. The maximum absolute atomic E-state index is 12.0. The minimum Gasteiger partial charge on any atom is -0.618 e. The molecular weight excluding hydrogens is 370 g/mol. The Hall–Kier alpha value is -3.68. The van der Waals surface area contributed by atoms with Gasteiger partial charge in [0.25, 0.3) is 0 Å². The van der Waals surface area contributed by atoms with Gasteiger partial charge < -0.3 is 20.2 Å². The molecule has 0 bridgehead atoms. The highest BCUT2D eigenvalue weighted by Crippen LogP contribution is 2.24. The van der Waals surface area contributed by atoms with Gasteiger partial charge in [-0.3, -0.25) is 9.78 Å². The van der Waals surface area contributed by atoms with E-state index in [1.807, 2.05) is 37.1 Å². The van der Waals surface area contributed by atoms with Gasteiger partial charge in [-0.05, 0) is 36.8 Å². The first kappa shape index (κ1) is 20.1. The zero-order valence-corrected chi connectivity index (χ0v) is 16.6. The first-order valence-corrected chi connectivity index (χ1v) is 9.18. The minimum absolute atomic E-state index is 0.0711. The number of nitrogens with one attached hydrogen (secondary N) is 1. The van der Waals surface area contributed by atoms with E-state index in [0.717, 1.165) is 15.9 Å². The molecule has 1 aromatic carbocycles. The molecule has 8 heteroatoms. The molecule has 3 aromatic rings. The molecule has 0 aliphatic rings. The van der Waals surface area contributed by atoms with Crippen LogP contribution in [0.1, 0.15) is 12.5 Å². The molecule has 2 aromatic heterocycles. The molecule has 0 aliphatic heterocycles. The van der Waals surface area contributed by atoms with Gasteiger partial charge in [0.1, 0.15) is 5.75 Å². The maximum Gasteiger partial charge on any atom is 0.239 e. The van der Waals surface area contributed by atoms with Crippen LogP contribution in [0.4, 0.5) is 5.82 Å². The van der Waals surface area contributed by atoms with Gasteiger partial charge in [0.2, 0.25) is 17.5 Å². The fourth-order valence-electron chi connectivity index (χ4n) is 2.70. The van der Waals surface area contributed by atoms with E-state index in [0.29, 0.717) is 36.2 Å². The molecule has 1 N–H and O–H groups in total. The third-order valence-electron chi connectivity index (χ3n) is 4.26. The van der Waals surface area contributed by atoms with E-state index in [2.05, 4.69) is 15.3 Å². The standard InChI is InChI=1S/C21H23N5O3/c1-15-8-10-26(28)19(12-15)17-4-6-18(7-5-17)29-21-14-22-13-20(24-21)25(3)11-9-23-16(2)27/h4-8,10,12-14H,9,11H2,1-3H3,(H,23,27). The summed E-state index contributed by atoms with van der Waals surface area (Å²) >= 11 is 0. The molecule has 2 heterocycles. The molecule has 1 amide bonds. The second kappa shape index (κ2) is 9.01. The number of pyridine rings is 1. The Bertz CT molecular complexity index is 992. The number of likely N-dealkylation sites (N-methyl/N-ethyl adjacent to an activating group) is 1. The van der Waals surface area contributed by atoms with Gasteiger partial charge in [0.15, 0.2) is 12.0 Å². The van der Waals surface area contributed by atoms with Crippen molar-refractivity contribution in [3.05, 3.63) is 65.8 Å². The fraction of sp³-hybridized carbons (Fsp3) is 0.238. The predicted molar refractivity (Wildman–Crippen MR) is 110 cm³/mol. The number of hydrogen-bond donors (Lipinski definition) is 1. The summed E-state index contributed by atoms with van der Waals surface area (Å²) in [4.78, 5) is 21.5. The van der Waals surface area contributed by atoms with Crippen molar-refractivity contribution in [3.63, 3.8) is 0 Å². The van der Waals surface area contributed by atoms with Crippen LogP contribution in [0.3, 0.4) is 0 Å². The third kappa shape index (κ3) is 5.41. The summed E-state index contributed by atoms with van der Waals surface area (Å²) in [5.74, 6) is 1.51. The van der Waals surface area contributed by atoms with Crippen molar-refractivity contribution in [2.45, 2.75) is 13.8 Å². The molecule has 0 aliphatic carbocycles. The normalized spacial score (nSPS) is 10.4. The summed E-state index contributed by atoms with van der Waals surface area (Å²) < 4.78 is 6.64. The van der Waals surface area contributed by atoms with Crippen molar-refractivity contribution in [1.82, 2.24) is 15.3 Å². The summed E-state index contributed by atoms with van der Waals surface area (Å²) in [5.41, 5.74) is 2.40. The highest BCUT2D eigenvalue weighted by Gasteiger charge is 2.10. The summed E-state index contributed by atoms with van der Waals surface area (Å²) in [6.07, 6.45) is 4.66. The second-order valence-corrected chi connectivity index (χ2v) is 6.66. The van der Waals surface area contributed by atoms with Gasteiger partial charge in [0, 0.05) is 44.8 Å². The van der Waals surface area contributed by atoms with E-state index >= 15 is 0 Å². The molecule has 0 unspecified atom stereocenters. The number of benzene rings is 1. The number of rotatable bonds is 7. The summed E-state index contributed by atoms with van der Waals surface area (Å²) in [6.45, 7) is 4.53. The van der Waals surface area contributed by atoms with Gasteiger partial charge >= 0.3 is 0 Å². The van der Waals surface area contributed by atoms with Crippen molar-refractivity contribution in [3.8, 4) is 22.9 Å². The summed E-state index contributed by atoms with van der Waals surface area (Å²) in [7, 11) is 1.87. The number of anilines is 1. The SMILES string of the molecule is CC(=O)NCCN(C)c1cncc(Oc2ccc(-c3cc(C)cc[n+]3[O-])cc2)n1. The number of aromatic nitrogens is 3. The lowest BCUT2D eigenvalue weighted by Gasteiger charge is -2.18. The maximum atomic E-state index is 12.0. The lowest BCUT2D eigenvalue weighted by molar-refractivity contribution is -0.593. The lowest BCUT2D eigenvalue weighted by Crippen LogP contribution is -2.32. The largest absolute Gasteiger partial charge is 0.618 e. The van der Waals surface area contributed by atoms with E-state index < -0.39 is 0 Å². The van der Waals surface area contributed by atoms with Crippen molar-refractivity contribution in [2.75, 3.05) is 25.0 Å². The van der Waals surface area contributed by atoms with Crippen LogP contribution in [0, 0.1) is 12.1 Å². The van der Waals surface area contributed by atoms with Crippen LogP contribution < -0.4 is 19.7 Å². The zero-order chi connectivity index (χ0) is 20.8. The van der Waals surface area contributed by atoms with E-state index in [1.54, 1.807) is 24.4 Å². The van der Waals surface area contributed by atoms with Crippen LogP contribution in [-0.2, 0) is 4.79 Å². The van der Waals surface area contributed by atoms with E-state index in [9.17, 15) is 10.0 Å². The number of aryl methyl sites for hydroxylation is 1. The molecule has 150 valence electrons.